The normalized spacial score (nSPS) is 10.7. The summed E-state index contributed by atoms with van der Waals surface area (Å²) in [5, 5.41) is 9.75. The van der Waals surface area contributed by atoms with Crippen LogP contribution in [0.4, 0.5) is 0 Å². The maximum atomic E-state index is 11.0. The Morgan fingerprint density at radius 1 is 0.871 bits per heavy atom. The smallest absolute Gasteiger partial charge is 0.335 e. The summed E-state index contributed by atoms with van der Waals surface area (Å²) < 4.78 is 11.8. The number of hydrogen-bond donors (Lipinski definition) is 1. The van der Waals surface area contributed by atoms with Crippen LogP contribution in [0.1, 0.15) is 32.6 Å². The monoisotopic (exact) mass is 502 g/mol. The maximum Gasteiger partial charge on any atom is 0.335 e. The van der Waals surface area contributed by atoms with E-state index in [4.69, 9.17) is 26.2 Å². The third-order valence-electron chi connectivity index (χ3n) is 5.21. The first-order valence-corrected chi connectivity index (χ1v) is 11.1. The van der Waals surface area contributed by atoms with E-state index < -0.39 is 5.97 Å². The van der Waals surface area contributed by atoms with Gasteiger partial charge in [0.15, 0.2) is 0 Å². The molecule has 0 radical (unpaired) electrons. The van der Waals surface area contributed by atoms with Crippen LogP contribution in [0.3, 0.4) is 0 Å². The van der Waals surface area contributed by atoms with Gasteiger partial charge in [-0.2, -0.15) is 0 Å². The maximum absolute atomic E-state index is 11.0. The number of benzene rings is 3. The molecule has 0 fully saturated rings. The fourth-order valence-corrected chi connectivity index (χ4v) is 4.60. The molecule has 0 bridgehead atoms. The van der Waals surface area contributed by atoms with Crippen LogP contribution in [-0.2, 0) is 25.7 Å². The molecule has 1 N–H and O–H groups in total. The van der Waals surface area contributed by atoms with Crippen LogP contribution in [0, 0.1) is 0 Å². The van der Waals surface area contributed by atoms with Gasteiger partial charge in [0.25, 0.3) is 0 Å². The Kier molecular flexibility index (Phi) is 7.99. The van der Waals surface area contributed by atoms with E-state index in [1.165, 1.54) is 11.1 Å². The minimum absolute atomic E-state index is 0.295. The predicted octanol–water partition coefficient (Wildman–Crippen LogP) is 6.39. The van der Waals surface area contributed by atoms with Gasteiger partial charge in [0.1, 0.15) is 11.5 Å². The van der Waals surface area contributed by atoms with Gasteiger partial charge in [-0.3, -0.25) is 0 Å². The number of carbonyl (C=O) groups is 1. The van der Waals surface area contributed by atoms with Crippen molar-refractivity contribution in [2.24, 2.45) is 0 Å². The Hall–Kier alpha value is -2.50. The van der Waals surface area contributed by atoms with Gasteiger partial charge < -0.3 is 14.6 Å². The van der Waals surface area contributed by atoms with Gasteiger partial charge >= 0.3 is 5.97 Å². The predicted molar refractivity (Wildman–Crippen MR) is 127 cm³/mol. The van der Waals surface area contributed by atoms with Crippen LogP contribution >= 0.6 is 27.5 Å². The summed E-state index contributed by atoms with van der Waals surface area (Å²) in [6.07, 6.45) is 3.27. The van der Waals surface area contributed by atoms with Gasteiger partial charge in [0.2, 0.25) is 0 Å². The van der Waals surface area contributed by atoms with Crippen molar-refractivity contribution in [3.05, 3.63) is 91.9 Å². The Morgan fingerprint density at radius 3 is 2.06 bits per heavy atom. The molecule has 162 valence electrons. The molecule has 0 saturated heterocycles. The van der Waals surface area contributed by atoms with Crippen LogP contribution in [-0.4, -0.2) is 25.3 Å². The van der Waals surface area contributed by atoms with Gasteiger partial charge in [-0.15, -0.1) is 0 Å². The first-order valence-electron chi connectivity index (χ1n) is 9.90. The molecule has 0 unspecified atom stereocenters. The van der Waals surface area contributed by atoms with Crippen LogP contribution in [0.15, 0.2) is 59.1 Å². The zero-order chi connectivity index (χ0) is 22.4. The number of hydrogen-bond acceptors (Lipinski definition) is 3. The molecule has 0 heterocycles. The summed E-state index contributed by atoms with van der Waals surface area (Å²) in [7, 11) is 3.30. The Morgan fingerprint density at radius 2 is 1.48 bits per heavy atom. The fraction of sp³-hybridized carbons (Fsp3) is 0.240. The lowest BCUT2D eigenvalue weighted by atomic mass is 9.95. The largest absolute Gasteiger partial charge is 0.497 e. The topological polar surface area (TPSA) is 55.8 Å². The minimum atomic E-state index is -0.915. The van der Waals surface area contributed by atoms with Crippen molar-refractivity contribution < 1.29 is 19.4 Å². The third-order valence-corrected chi connectivity index (χ3v) is 6.14. The highest BCUT2D eigenvalue weighted by Gasteiger charge is 2.11. The number of ether oxygens (including phenoxy) is 2. The van der Waals surface area contributed by atoms with E-state index in [1.807, 2.05) is 42.5 Å². The Labute approximate surface area is 195 Å². The van der Waals surface area contributed by atoms with Crippen molar-refractivity contribution in [2.45, 2.75) is 25.7 Å². The molecular weight excluding hydrogens is 480 g/mol. The lowest BCUT2D eigenvalue weighted by Crippen LogP contribution is -2.02. The Bertz CT molecular complexity index is 1040. The van der Waals surface area contributed by atoms with E-state index in [0.717, 1.165) is 52.8 Å². The highest BCUT2D eigenvalue weighted by atomic mass is 79.9. The van der Waals surface area contributed by atoms with Crippen molar-refractivity contribution in [3.8, 4) is 11.5 Å². The number of halogens is 2. The quantitative estimate of drug-likeness (QED) is 0.368. The summed E-state index contributed by atoms with van der Waals surface area (Å²) >= 11 is 10.0. The summed E-state index contributed by atoms with van der Waals surface area (Å²) in [6, 6.07) is 16.9. The second-order valence-corrected chi connectivity index (χ2v) is 8.54. The second kappa shape index (κ2) is 10.7. The molecule has 3 aromatic carbocycles. The van der Waals surface area contributed by atoms with Crippen LogP contribution in [0.2, 0.25) is 5.02 Å². The summed E-state index contributed by atoms with van der Waals surface area (Å²) in [5.41, 5.74) is 4.91. The van der Waals surface area contributed by atoms with Gasteiger partial charge in [-0.1, -0.05) is 39.7 Å². The number of carboxylic acid groups (broad SMARTS) is 1. The lowest BCUT2D eigenvalue weighted by molar-refractivity contribution is 0.0697. The highest BCUT2D eigenvalue weighted by Crippen LogP contribution is 2.30. The number of rotatable bonds is 9. The molecule has 0 saturated carbocycles. The van der Waals surface area contributed by atoms with Crippen LogP contribution in [0.5, 0.6) is 11.5 Å². The fourth-order valence-electron chi connectivity index (χ4n) is 3.53. The first-order chi connectivity index (χ1) is 14.9. The third kappa shape index (κ3) is 6.25. The van der Waals surface area contributed by atoms with E-state index in [-0.39, 0.29) is 0 Å². The summed E-state index contributed by atoms with van der Waals surface area (Å²) in [4.78, 5) is 11.0. The van der Waals surface area contributed by atoms with Crippen molar-refractivity contribution in [3.63, 3.8) is 0 Å². The molecule has 3 aromatic rings. The number of aryl methyl sites for hydroxylation is 3. The number of carboxylic acids is 1. The molecule has 3 rings (SSSR count). The van der Waals surface area contributed by atoms with Crippen molar-refractivity contribution in [2.75, 3.05) is 14.2 Å². The molecule has 0 aliphatic rings. The lowest BCUT2D eigenvalue weighted by Gasteiger charge is -2.14. The second-order valence-electron chi connectivity index (χ2n) is 7.25. The molecular formula is C25H24BrClO4. The highest BCUT2D eigenvalue weighted by molar-refractivity contribution is 9.10. The van der Waals surface area contributed by atoms with E-state index in [9.17, 15) is 4.79 Å². The molecule has 0 atom stereocenters. The van der Waals surface area contributed by atoms with Crippen molar-refractivity contribution in [1.82, 2.24) is 0 Å². The zero-order valence-corrected chi connectivity index (χ0v) is 19.8. The molecule has 0 spiro atoms. The molecule has 31 heavy (non-hydrogen) atoms. The average molecular weight is 504 g/mol. The van der Waals surface area contributed by atoms with Gasteiger partial charge in [-0.05, 0) is 84.3 Å². The Balaban J connectivity index is 1.77. The van der Waals surface area contributed by atoms with E-state index in [0.29, 0.717) is 10.6 Å². The van der Waals surface area contributed by atoms with Gasteiger partial charge in [0, 0.05) is 15.6 Å². The van der Waals surface area contributed by atoms with Gasteiger partial charge in [0.05, 0.1) is 19.8 Å². The molecule has 4 nitrogen and oxygen atoms in total. The molecule has 0 aliphatic carbocycles. The molecule has 0 aromatic heterocycles. The van der Waals surface area contributed by atoms with E-state index in [1.54, 1.807) is 26.4 Å². The van der Waals surface area contributed by atoms with Crippen molar-refractivity contribution in [1.29, 1.82) is 0 Å². The average Bonchev–Trinajstić information content (AvgIpc) is 2.76. The minimum Gasteiger partial charge on any atom is -0.497 e. The zero-order valence-electron chi connectivity index (χ0n) is 17.5. The van der Waals surface area contributed by atoms with Crippen LogP contribution < -0.4 is 9.47 Å². The standard InChI is InChI=1S/C25H24BrClO4/c1-30-21-11-17(12-22(15-21)31-2)6-10-23-19(13-20(27)14-24(23)26)9-5-16-3-7-18(8-4-16)25(28)29/h3-4,7-8,11-15H,5-6,9-10H2,1-2H3,(H,28,29). The van der Waals surface area contributed by atoms with Gasteiger partial charge in [-0.25, -0.2) is 4.79 Å². The van der Waals surface area contributed by atoms with Crippen molar-refractivity contribution >= 4 is 33.5 Å². The SMILES string of the molecule is COc1cc(CCc2c(Br)cc(Cl)cc2CCc2ccc(C(=O)O)cc2)cc(OC)c1. The van der Waals surface area contributed by atoms with E-state index in [2.05, 4.69) is 15.9 Å². The molecule has 0 aliphatic heterocycles. The number of methoxy groups -OCH3 is 2. The number of aromatic carboxylic acids is 1. The first kappa shape index (κ1) is 23.2. The van der Waals surface area contributed by atoms with Crippen LogP contribution in [0.25, 0.3) is 0 Å². The summed E-state index contributed by atoms with van der Waals surface area (Å²) in [6.45, 7) is 0. The summed E-state index contributed by atoms with van der Waals surface area (Å²) in [5.74, 6) is 0.630. The molecule has 6 heteroatoms. The molecule has 0 amide bonds. The van der Waals surface area contributed by atoms with E-state index >= 15 is 0 Å².